The van der Waals surface area contributed by atoms with Gasteiger partial charge in [0.05, 0.1) is 0 Å². The van der Waals surface area contributed by atoms with E-state index in [1.54, 1.807) is 0 Å². The molecule has 1 unspecified atom stereocenters. The topological polar surface area (TPSA) is 15.3 Å². The van der Waals surface area contributed by atoms with Gasteiger partial charge < -0.3 is 5.43 Å². The molecule has 0 aromatic rings. The van der Waals surface area contributed by atoms with Gasteiger partial charge in [0.15, 0.2) is 0 Å². The SMILES string of the molecule is CC1=C(CS)C(C)N(C)N1. The van der Waals surface area contributed by atoms with Crippen molar-refractivity contribution in [3.8, 4) is 0 Å². The van der Waals surface area contributed by atoms with Crippen molar-refractivity contribution in [2.24, 2.45) is 0 Å². The van der Waals surface area contributed by atoms with Crippen LogP contribution in [-0.2, 0) is 0 Å². The maximum atomic E-state index is 4.25. The van der Waals surface area contributed by atoms with E-state index >= 15 is 0 Å². The average molecular weight is 158 g/mol. The number of hydrogen-bond acceptors (Lipinski definition) is 3. The van der Waals surface area contributed by atoms with Crippen molar-refractivity contribution in [2.75, 3.05) is 12.8 Å². The van der Waals surface area contributed by atoms with E-state index in [1.165, 1.54) is 11.3 Å². The fraction of sp³-hybridized carbons (Fsp3) is 0.714. The molecule has 0 aliphatic carbocycles. The molecule has 0 saturated heterocycles. The highest BCUT2D eigenvalue weighted by atomic mass is 32.1. The maximum Gasteiger partial charge on any atom is 0.0497 e. The molecule has 58 valence electrons. The first-order valence-corrected chi connectivity index (χ1v) is 4.10. The largest absolute Gasteiger partial charge is 0.323 e. The third kappa shape index (κ3) is 1.16. The Morgan fingerprint density at radius 3 is 2.50 bits per heavy atom. The van der Waals surface area contributed by atoms with Gasteiger partial charge in [-0.15, -0.1) is 0 Å². The van der Waals surface area contributed by atoms with Crippen molar-refractivity contribution in [3.05, 3.63) is 11.3 Å². The van der Waals surface area contributed by atoms with Crippen molar-refractivity contribution >= 4 is 12.6 Å². The highest BCUT2D eigenvalue weighted by molar-refractivity contribution is 7.80. The zero-order valence-corrected chi connectivity index (χ0v) is 7.57. The third-order valence-corrected chi connectivity index (χ3v) is 2.42. The van der Waals surface area contributed by atoms with Gasteiger partial charge in [-0.3, -0.25) is 0 Å². The van der Waals surface area contributed by atoms with Gasteiger partial charge in [0.25, 0.3) is 0 Å². The van der Waals surface area contributed by atoms with Gasteiger partial charge in [-0.2, -0.15) is 12.6 Å². The number of nitrogens with zero attached hydrogens (tertiary/aromatic N) is 1. The van der Waals surface area contributed by atoms with Gasteiger partial charge in [0, 0.05) is 24.5 Å². The first-order valence-electron chi connectivity index (χ1n) is 3.46. The Labute approximate surface area is 67.7 Å². The van der Waals surface area contributed by atoms with Crippen LogP contribution in [0.5, 0.6) is 0 Å². The Bertz CT molecular complexity index is 165. The van der Waals surface area contributed by atoms with Crippen LogP contribution in [0.1, 0.15) is 13.8 Å². The van der Waals surface area contributed by atoms with Gasteiger partial charge in [0.1, 0.15) is 0 Å². The lowest BCUT2D eigenvalue weighted by Crippen LogP contribution is -2.33. The quantitative estimate of drug-likeness (QED) is 0.554. The molecule has 0 amide bonds. The second kappa shape index (κ2) is 2.84. The maximum absolute atomic E-state index is 4.25. The van der Waals surface area contributed by atoms with Crippen LogP contribution in [0.25, 0.3) is 0 Å². The number of likely N-dealkylation sites (N-methyl/N-ethyl adjacent to an activating group) is 1. The summed E-state index contributed by atoms with van der Waals surface area (Å²) in [6.07, 6.45) is 0. The average Bonchev–Trinajstić information content (AvgIpc) is 2.09. The molecule has 0 fully saturated rings. The predicted octanol–water partition coefficient (Wildman–Crippen LogP) is 1.03. The first-order chi connectivity index (χ1) is 4.66. The summed E-state index contributed by atoms with van der Waals surface area (Å²) in [6, 6.07) is 0.498. The second-order valence-corrected chi connectivity index (χ2v) is 3.02. The summed E-state index contributed by atoms with van der Waals surface area (Å²) < 4.78 is 0. The molecule has 0 saturated carbocycles. The Kier molecular flexibility index (Phi) is 2.26. The minimum atomic E-state index is 0.498. The van der Waals surface area contributed by atoms with E-state index < -0.39 is 0 Å². The molecule has 1 aliphatic rings. The monoisotopic (exact) mass is 158 g/mol. The van der Waals surface area contributed by atoms with Crippen LogP contribution in [0.4, 0.5) is 0 Å². The minimum Gasteiger partial charge on any atom is -0.323 e. The summed E-state index contributed by atoms with van der Waals surface area (Å²) in [5.41, 5.74) is 5.88. The van der Waals surface area contributed by atoms with Gasteiger partial charge in [-0.1, -0.05) is 0 Å². The standard InChI is InChI=1S/C7H14N2S/c1-5-7(4-10)6(2)9(3)8-5/h6,8,10H,4H2,1-3H3. The molecular formula is C7H14N2S. The fourth-order valence-electron chi connectivity index (χ4n) is 1.23. The fourth-order valence-corrected chi connectivity index (χ4v) is 1.73. The van der Waals surface area contributed by atoms with Crippen LogP contribution in [0.2, 0.25) is 0 Å². The molecule has 10 heavy (non-hydrogen) atoms. The van der Waals surface area contributed by atoms with Gasteiger partial charge >= 0.3 is 0 Å². The lowest BCUT2D eigenvalue weighted by molar-refractivity contribution is 0.256. The van der Waals surface area contributed by atoms with Crippen LogP contribution in [0.3, 0.4) is 0 Å². The van der Waals surface area contributed by atoms with E-state index in [2.05, 4.69) is 36.9 Å². The number of rotatable bonds is 1. The molecule has 0 spiro atoms. The number of nitrogens with one attached hydrogen (secondary N) is 1. The summed E-state index contributed by atoms with van der Waals surface area (Å²) in [5.74, 6) is 0.852. The van der Waals surface area contributed by atoms with Gasteiger partial charge in [0.2, 0.25) is 0 Å². The molecule has 0 bridgehead atoms. The lowest BCUT2D eigenvalue weighted by atomic mass is 10.1. The molecular weight excluding hydrogens is 144 g/mol. The predicted molar refractivity (Wildman–Crippen MR) is 46.9 cm³/mol. The van der Waals surface area contributed by atoms with Crippen LogP contribution < -0.4 is 5.43 Å². The van der Waals surface area contributed by atoms with Crippen LogP contribution in [-0.4, -0.2) is 23.9 Å². The van der Waals surface area contributed by atoms with Crippen molar-refractivity contribution in [1.29, 1.82) is 0 Å². The van der Waals surface area contributed by atoms with Gasteiger partial charge in [-0.25, -0.2) is 5.01 Å². The first kappa shape index (κ1) is 7.95. The Balaban J connectivity index is 2.75. The lowest BCUT2D eigenvalue weighted by Gasteiger charge is -2.16. The number of hydrazine groups is 1. The van der Waals surface area contributed by atoms with Crippen molar-refractivity contribution in [2.45, 2.75) is 19.9 Å². The summed E-state index contributed by atoms with van der Waals surface area (Å²) in [5, 5.41) is 2.10. The van der Waals surface area contributed by atoms with Crippen LogP contribution >= 0.6 is 12.6 Å². The summed E-state index contributed by atoms with van der Waals surface area (Å²) in [6.45, 7) is 4.26. The smallest absolute Gasteiger partial charge is 0.0497 e. The molecule has 1 rings (SSSR count). The molecule has 3 heteroatoms. The van der Waals surface area contributed by atoms with Crippen molar-refractivity contribution < 1.29 is 0 Å². The number of allylic oxidation sites excluding steroid dienone is 1. The van der Waals surface area contributed by atoms with Gasteiger partial charge in [-0.05, 0) is 19.4 Å². The van der Waals surface area contributed by atoms with E-state index in [9.17, 15) is 0 Å². The molecule has 0 radical (unpaired) electrons. The van der Waals surface area contributed by atoms with E-state index in [1.807, 2.05) is 7.05 Å². The zero-order valence-electron chi connectivity index (χ0n) is 6.68. The van der Waals surface area contributed by atoms with Crippen LogP contribution in [0, 0.1) is 0 Å². The highest BCUT2D eigenvalue weighted by Gasteiger charge is 2.21. The normalized spacial score (nSPS) is 27.4. The number of hydrogen-bond donors (Lipinski definition) is 2. The molecule has 1 N–H and O–H groups in total. The Hall–Kier alpha value is -0.150. The summed E-state index contributed by atoms with van der Waals surface area (Å²) >= 11 is 4.25. The molecule has 2 nitrogen and oxygen atoms in total. The van der Waals surface area contributed by atoms with E-state index in [4.69, 9.17) is 0 Å². The molecule has 0 aromatic carbocycles. The van der Waals surface area contributed by atoms with Crippen molar-refractivity contribution in [3.63, 3.8) is 0 Å². The Morgan fingerprint density at radius 2 is 2.30 bits per heavy atom. The summed E-state index contributed by atoms with van der Waals surface area (Å²) in [4.78, 5) is 0. The third-order valence-electron chi connectivity index (χ3n) is 2.08. The number of thiol groups is 1. The zero-order chi connectivity index (χ0) is 7.72. The van der Waals surface area contributed by atoms with E-state index in [-0.39, 0.29) is 0 Å². The second-order valence-electron chi connectivity index (χ2n) is 2.71. The molecule has 1 heterocycles. The minimum absolute atomic E-state index is 0.498. The molecule has 1 aliphatic heterocycles. The van der Waals surface area contributed by atoms with Crippen LogP contribution in [0.15, 0.2) is 11.3 Å². The summed E-state index contributed by atoms with van der Waals surface area (Å²) in [7, 11) is 2.05. The molecule has 0 aromatic heterocycles. The highest BCUT2D eigenvalue weighted by Crippen LogP contribution is 2.18. The molecule has 1 atom stereocenters. The van der Waals surface area contributed by atoms with E-state index in [0.717, 1.165) is 5.75 Å². The van der Waals surface area contributed by atoms with Crippen molar-refractivity contribution in [1.82, 2.24) is 10.4 Å². The Morgan fingerprint density at radius 1 is 1.70 bits per heavy atom. The van der Waals surface area contributed by atoms with E-state index in [0.29, 0.717) is 6.04 Å².